The fourth-order valence-corrected chi connectivity index (χ4v) is 2.94. The molecule has 9 nitrogen and oxygen atoms in total. The molecule has 0 radical (unpaired) electrons. The molecule has 0 atom stereocenters. The molecular weight excluding hydrogens is 426 g/mol. The molecule has 0 bridgehead atoms. The Labute approximate surface area is 181 Å². The van der Waals surface area contributed by atoms with Crippen molar-refractivity contribution in [2.24, 2.45) is 0 Å². The first kappa shape index (κ1) is 22.8. The molecule has 2 aromatic carbocycles. The van der Waals surface area contributed by atoms with E-state index >= 15 is 0 Å². The van der Waals surface area contributed by atoms with E-state index in [1.165, 1.54) is 47.4 Å². The van der Waals surface area contributed by atoms with E-state index in [0.717, 1.165) is 0 Å². The second-order valence-corrected chi connectivity index (χ2v) is 6.77. The zero-order valence-electron chi connectivity index (χ0n) is 16.9. The lowest BCUT2D eigenvalue weighted by Crippen LogP contribution is -2.17. The smallest absolute Gasteiger partial charge is 0.432 e. The van der Waals surface area contributed by atoms with Gasteiger partial charge in [-0.3, -0.25) is 10.1 Å². The van der Waals surface area contributed by atoms with Gasteiger partial charge in [-0.15, -0.1) is 0 Å². The number of non-ortho nitro benzene ring substituents is 1. The van der Waals surface area contributed by atoms with E-state index in [4.69, 9.17) is 9.47 Å². The maximum absolute atomic E-state index is 14.3. The SMILES string of the molecule is O=C(OCCn1ncnc1CCCC(F)(F)c1ccccc1)Oc1ccc([N+](=O)[O-])cc1. The number of nitro benzene ring substituents is 1. The summed E-state index contributed by atoms with van der Waals surface area (Å²) in [6.07, 6.45) is 0.476. The molecule has 0 amide bonds. The molecule has 3 aromatic rings. The summed E-state index contributed by atoms with van der Waals surface area (Å²) in [5, 5.41) is 14.6. The van der Waals surface area contributed by atoms with Crippen molar-refractivity contribution in [2.75, 3.05) is 6.61 Å². The van der Waals surface area contributed by atoms with Gasteiger partial charge < -0.3 is 9.47 Å². The molecule has 0 saturated carbocycles. The summed E-state index contributed by atoms with van der Waals surface area (Å²) in [5.41, 5.74) is -0.160. The van der Waals surface area contributed by atoms with Crippen molar-refractivity contribution in [2.45, 2.75) is 31.7 Å². The first-order valence-electron chi connectivity index (χ1n) is 9.74. The van der Waals surface area contributed by atoms with Gasteiger partial charge in [0.25, 0.3) is 11.6 Å². The second-order valence-electron chi connectivity index (χ2n) is 6.77. The van der Waals surface area contributed by atoms with Gasteiger partial charge in [0.2, 0.25) is 0 Å². The molecule has 0 aliphatic carbocycles. The van der Waals surface area contributed by atoms with E-state index in [-0.39, 0.29) is 49.4 Å². The number of nitrogens with zero attached hydrogens (tertiary/aromatic N) is 4. The van der Waals surface area contributed by atoms with Gasteiger partial charge in [-0.2, -0.15) is 5.10 Å². The van der Waals surface area contributed by atoms with E-state index in [0.29, 0.717) is 5.82 Å². The van der Waals surface area contributed by atoms with Gasteiger partial charge in [-0.25, -0.2) is 23.2 Å². The van der Waals surface area contributed by atoms with Crippen LogP contribution in [0.25, 0.3) is 0 Å². The van der Waals surface area contributed by atoms with Crippen molar-refractivity contribution >= 4 is 11.8 Å². The van der Waals surface area contributed by atoms with Gasteiger partial charge in [0.05, 0.1) is 11.5 Å². The van der Waals surface area contributed by atoms with Crippen LogP contribution in [0.3, 0.4) is 0 Å². The lowest BCUT2D eigenvalue weighted by molar-refractivity contribution is -0.384. The van der Waals surface area contributed by atoms with Gasteiger partial charge in [0.1, 0.15) is 24.5 Å². The predicted octanol–water partition coefficient (Wildman–Crippen LogP) is 4.52. The van der Waals surface area contributed by atoms with Crippen molar-refractivity contribution in [1.29, 1.82) is 0 Å². The molecular formula is C21H20F2N4O5. The Morgan fingerprint density at radius 3 is 2.53 bits per heavy atom. The highest BCUT2D eigenvalue weighted by atomic mass is 19.3. The molecule has 0 N–H and O–H groups in total. The number of hydrogen-bond donors (Lipinski definition) is 0. The zero-order valence-corrected chi connectivity index (χ0v) is 16.9. The fourth-order valence-electron chi connectivity index (χ4n) is 2.94. The summed E-state index contributed by atoms with van der Waals surface area (Å²) in [4.78, 5) is 25.9. The van der Waals surface area contributed by atoms with Crippen LogP contribution in [0.1, 0.15) is 24.2 Å². The maximum atomic E-state index is 14.3. The molecule has 32 heavy (non-hydrogen) atoms. The molecule has 1 heterocycles. The average molecular weight is 446 g/mol. The number of aromatic nitrogens is 3. The summed E-state index contributed by atoms with van der Waals surface area (Å²) in [5.74, 6) is -2.33. The summed E-state index contributed by atoms with van der Waals surface area (Å²) >= 11 is 0. The van der Waals surface area contributed by atoms with E-state index in [2.05, 4.69) is 10.1 Å². The molecule has 11 heteroatoms. The number of aryl methyl sites for hydroxylation is 1. The van der Waals surface area contributed by atoms with E-state index in [9.17, 15) is 23.7 Å². The molecule has 0 fully saturated rings. The summed E-state index contributed by atoms with van der Waals surface area (Å²) in [7, 11) is 0. The Hall–Kier alpha value is -3.89. The second kappa shape index (κ2) is 10.4. The van der Waals surface area contributed by atoms with Crippen LogP contribution in [0.5, 0.6) is 5.75 Å². The highest BCUT2D eigenvalue weighted by Crippen LogP contribution is 2.33. The van der Waals surface area contributed by atoms with Gasteiger partial charge in [0.15, 0.2) is 0 Å². The Morgan fingerprint density at radius 2 is 1.84 bits per heavy atom. The van der Waals surface area contributed by atoms with Crippen molar-refractivity contribution < 1.29 is 28.0 Å². The third-order valence-corrected chi connectivity index (χ3v) is 4.55. The summed E-state index contributed by atoms with van der Waals surface area (Å²) in [6, 6.07) is 12.6. The minimum Gasteiger partial charge on any atom is -0.432 e. The van der Waals surface area contributed by atoms with Crippen LogP contribution in [0.2, 0.25) is 0 Å². The quantitative estimate of drug-likeness (QED) is 0.195. The Bertz CT molecular complexity index is 1040. The first-order chi connectivity index (χ1) is 15.3. The van der Waals surface area contributed by atoms with Crippen LogP contribution in [-0.4, -0.2) is 32.5 Å². The number of halogens is 2. The molecule has 0 aliphatic rings. The molecule has 0 saturated heterocycles. The minimum atomic E-state index is -2.93. The van der Waals surface area contributed by atoms with Crippen LogP contribution in [-0.2, 0) is 23.6 Å². The van der Waals surface area contributed by atoms with Crippen molar-refractivity contribution in [3.8, 4) is 5.75 Å². The lowest BCUT2D eigenvalue weighted by Gasteiger charge is -2.16. The Balaban J connectivity index is 1.42. The number of carbonyl (C=O) groups is 1. The molecule has 0 aliphatic heterocycles. The fraction of sp³-hybridized carbons (Fsp3) is 0.286. The number of benzene rings is 2. The summed E-state index contributed by atoms with van der Waals surface area (Å²) in [6.45, 7) is 0.0854. The van der Waals surface area contributed by atoms with Gasteiger partial charge in [-0.05, 0) is 18.6 Å². The zero-order chi connectivity index (χ0) is 23.0. The van der Waals surface area contributed by atoms with Crippen LogP contribution < -0.4 is 4.74 Å². The van der Waals surface area contributed by atoms with E-state index in [1.54, 1.807) is 18.2 Å². The number of carbonyl (C=O) groups excluding carboxylic acids is 1. The standard InChI is InChI=1S/C21H20F2N4O5/c22-21(23,16-5-2-1-3-6-16)12-4-7-19-24-15-25-26(19)13-14-31-20(28)32-18-10-8-17(9-11-18)27(29)30/h1-3,5-6,8-11,15H,4,7,12-14H2. The van der Waals surface area contributed by atoms with Gasteiger partial charge in [0, 0.05) is 30.5 Å². The Kier molecular flexibility index (Phi) is 7.42. The van der Waals surface area contributed by atoms with Crippen LogP contribution >= 0.6 is 0 Å². The third-order valence-electron chi connectivity index (χ3n) is 4.55. The van der Waals surface area contributed by atoms with Crippen molar-refractivity contribution in [1.82, 2.24) is 14.8 Å². The number of nitro groups is 1. The molecule has 0 spiro atoms. The molecule has 0 unspecified atom stereocenters. The highest BCUT2D eigenvalue weighted by molar-refractivity contribution is 5.63. The van der Waals surface area contributed by atoms with Gasteiger partial charge in [-0.1, -0.05) is 30.3 Å². The lowest BCUT2D eigenvalue weighted by atomic mass is 10.0. The van der Waals surface area contributed by atoms with E-state index in [1.807, 2.05) is 0 Å². The van der Waals surface area contributed by atoms with E-state index < -0.39 is 17.0 Å². The maximum Gasteiger partial charge on any atom is 0.513 e. The van der Waals surface area contributed by atoms with Crippen LogP contribution in [0.4, 0.5) is 19.3 Å². The molecule has 1 aromatic heterocycles. The predicted molar refractivity (Wildman–Crippen MR) is 108 cm³/mol. The Morgan fingerprint density at radius 1 is 1.12 bits per heavy atom. The number of hydrogen-bond acceptors (Lipinski definition) is 7. The topological polar surface area (TPSA) is 109 Å². The summed E-state index contributed by atoms with van der Waals surface area (Å²) < 4.78 is 39.9. The monoisotopic (exact) mass is 446 g/mol. The first-order valence-corrected chi connectivity index (χ1v) is 9.74. The third kappa shape index (κ3) is 6.30. The largest absolute Gasteiger partial charge is 0.513 e. The van der Waals surface area contributed by atoms with Crippen molar-refractivity contribution in [3.05, 3.63) is 82.4 Å². The normalized spacial score (nSPS) is 11.2. The van der Waals surface area contributed by atoms with Crippen LogP contribution in [0, 0.1) is 10.1 Å². The van der Waals surface area contributed by atoms with Crippen molar-refractivity contribution in [3.63, 3.8) is 0 Å². The number of alkyl halides is 2. The number of rotatable bonds is 10. The molecule has 3 rings (SSSR count). The minimum absolute atomic E-state index is 0.0265. The number of ether oxygens (including phenoxy) is 2. The van der Waals surface area contributed by atoms with Gasteiger partial charge >= 0.3 is 6.16 Å². The molecule has 168 valence electrons. The highest BCUT2D eigenvalue weighted by Gasteiger charge is 2.30. The van der Waals surface area contributed by atoms with Crippen LogP contribution in [0.15, 0.2) is 60.9 Å². The average Bonchev–Trinajstić information content (AvgIpc) is 3.22.